The smallest absolute Gasteiger partial charge is 0.224 e. The lowest BCUT2D eigenvalue weighted by molar-refractivity contribution is -0.116. The second-order valence-corrected chi connectivity index (χ2v) is 8.69. The molecule has 2 aromatic rings. The highest BCUT2D eigenvalue weighted by molar-refractivity contribution is 7.91. The Kier molecular flexibility index (Phi) is 5.08. The Morgan fingerprint density at radius 3 is 2.56 bits per heavy atom. The molecule has 5 nitrogen and oxygen atoms in total. The van der Waals surface area contributed by atoms with Gasteiger partial charge in [-0.15, -0.1) is 0 Å². The molecule has 3 rings (SSSR count). The van der Waals surface area contributed by atoms with Gasteiger partial charge < -0.3 is 10.1 Å². The topological polar surface area (TPSA) is 72.5 Å². The first-order valence-corrected chi connectivity index (χ1v) is 10.1. The molecule has 1 N–H and O–H groups in total. The van der Waals surface area contributed by atoms with E-state index in [1.807, 2.05) is 31.2 Å². The molecule has 0 spiro atoms. The molecule has 0 saturated carbocycles. The Balaban J connectivity index is 1.54. The lowest BCUT2D eigenvalue weighted by Gasteiger charge is -2.10. The third kappa shape index (κ3) is 5.06. The van der Waals surface area contributed by atoms with Crippen molar-refractivity contribution in [3.05, 3.63) is 54.1 Å². The molecule has 25 heavy (non-hydrogen) atoms. The Morgan fingerprint density at radius 1 is 1.16 bits per heavy atom. The van der Waals surface area contributed by atoms with Crippen LogP contribution in [0.15, 0.2) is 48.5 Å². The van der Waals surface area contributed by atoms with Gasteiger partial charge in [0, 0.05) is 12.1 Å². The van der Waals surface area contributed by atoms with Crippen LogP contribution in [0, 0.1) is 12.8 Å². The Labute approximate surface area is 147 Å². The zero-order valence-electron chi connectivity index (χ0n) is 14.1. The highest BCUT2D eigenvalue weighted by Crippen LogP contribution is 2.25. The van der Waals surface area contributed by atoms with Crippen LogP contribution in [0.4, 0.5) is 5.69 Å². The van der Waals surface area contributed by atoms with Crippen molar-refractivity contribution in [3.63, 3.8) is 0 Å². The van der Waals surface area contributed by atoms with Crippen molar-refractivity contribution in [1.82, 2.24) is 0 Å². The Hall–Kier alpha value is -2.34. The predicted octanol–water partition coefficient (Wildman–Crippen LogP) is 3.55. The maximum Gasteiger partial charge on any atom is 0.224 e. The summed E-state index contributed by atoms with van der Waals surface area (Å²) >= 11 is 0. The van der Waals surface area contributed by atoms with Crippen LogP contribution in [0.25, 0.3) is 0 Å². The summed E-state index contributed by atoms with van der Waals surface area (Å²) < 4.78 is 28.7. The standard InChI is InChI=1S/C19H21NO4S/c1-14-3-2-4-18(11-14)24-17-7-5-16(6-8-17)20-19(21)12-15-9-10-25(22,23)13-15/h2-8,11,15H,9-10,12-13H2,1H3,(H,20,21)/t15-/m1/s1. The van der Waals surface area contributed by atoms with Crippen molar-refractivity contribution in [2.24, 2.45) is 5.92 Å². The van der Waals surface area contributed by atoms with Gasteiger partial charge in [0.15, 0.2) is 9.84 Å². The molecule has 6 heteroatoms. The van der Waals surface area contributed by atoms with E-state index in [0.717, 1.165) is 11.3 Å². The summed E-state index contributed by atoms with van der Waals surface area (Å²) in [6.07, 6.45) is 0.805. The van der Waals surface area contributed by atoms with Crippen LogP contribution >= 0.6 is 0 Å². The number of ether oxygens (including phenoxy) is 1. The number of rotatable bonds is 5. The number of hydrogen-bond acceptors (Lipinski definition) is 4. The summed E-state index contributed by atoms with van der Waals surface area (Å²) in [7, 11) is -2.95. The molecule has 0 unspecified atom stereocenters. The van der Waals surface area contributed by atoms with Gasteiger partial charge in [0.05, 0.1) is 11.5 Å². The third-order valence-electron chi connectivity index (χ3n) is 4.16. The van der Waals surface area contributed by atoms with E-state index in [1.54, 1.807) is 24.3 Å². The number of benzene rings is 2. The van der Waals surface area contributed by atoms with E-state index in [9.17, 15) is 13.2 Å². The van der Waals surface area contributed by atoms with E-state index in [-0.39, 0.29) is 29.8 Å². The van der Waals surface area contributed by atoms with Gasteiger partial charge in [-0.25, -0.2) is 8.42 Å². The molecule has 132 valence electrons. The highest BCUT2D eigenvalue weighted by atomic mass is 32.2. The van der Waals surface area contributed by atoms with Gasteiger partial charge in [-0.1, -0.05) is 12.1 Å². The van der Waals surface area contributed by atoms with Crippen molar-refractivity contribution >= 4 is 21.4 Å². The second-order valence-electron chi connectivity index (χ2n) is 6.46. The quantitative estimate of drug-likeness (QED) is 0.886. The van der Waals surface area contributed by atoms with E-state index in [0.29, 0.717) is 17.9 Å². The number of anilines is 1. The number of aryl methyl sites for hydroxylation is 1. The molecule has 0 aromatic heterocycles. The predicted molar refractivity (Wildman–Crippen MR) is 97.7 cm³/mol. The lowest BCUT2D eigenvalue weighted by Crippen LogP contribution is -2.17. The molecular formula is C19H21NO4S. The van der Waals surface area contributed by atoms with E-state index < -0.39 is 9.84 Å². The number of amides is 1. The molecule has 1 fully saturated rings. The maximum absolute atomic E-state index is 12.1. The van der Waals surface area contributed by atoms with Crippen LogP contribution in [0.1, 0.15) is 18.4 Å². The van der Waals surface area contributed by atoms with Gasteiger partial charge in [0.25, 0.3) is 0 Å². The molecule has 1 atom stereocenters. The van der Waals surface area contributed by atoms with Gasteiger partial charge in [-0.3, -0.25) is 4.79 Å². The van der Waals surface area contributed by atoms with Crippen molar-refractivity contribution in [2.45, 2.75) is 19.8 Å². The van der Waals surface area contributed by atoms with Crippen LogP contribution in [-0.2, 0) is 14.6 Å². The van der Waals surface area contributed by atoms with Gasteiger partial charge >= 0.3 is 0 Å². The molecule has 0 radical (unpaired) electrons. The lowest BCUT2D eigenvalue weighted by atomic mass is 10.1. The van der Waals surface area contributed by atoms with Crippen LogP contribution < -0.4 is 10.1 Å². The Morgan fingerprint density at radius 2 is 1.92 bits per heavy atom. The minimum absolute atomic E-state index is 0.0751. The summed E-state index contributed by atoms with van der Waals surface area (Å²) in [4.78, 5) is 12.1. The van der Waals surface area contributed by atoms with Gasteiger partial charge in [0.2, 0.25) is 5.91 Å². The molecule has 1 heterocycles. The molecule has 2 aromatic carbocycles. The molecule has 1 aliphatic rings. The van der Waals surface area contributed by atoms with E-state index in [4.69, 9.17) is 4.74 Å². The van der Waals surface area contributed by atoms with Gasteiger partial charge in [0.1, 0.15) is 11.5 Å². The molecule has 1 aliphatic heterocycles. The van der Waals surface area contributed by atoms with Gasteiger partial charge in [-0.2, -0.15) is 0 Å². The summed E-state index contributed by atoms with van der Waals surface area (Å²) in [6, 6.07) is 14.9. The number of carbonyl (C=O) groups is 1. The van der Waals surface area contributed by atoms with Crippen LogP contribution in [0.5, 0.6) is 11.5 Å². The molecular weight excluding hydrogens is 338 g/mol. The van der Waals surface area contributed by atoms with Crippen LogP contribution in [0.3, 0.4) is 0 Å². The molecule has 1 amide bonds. The normalized spacial score (nSPS) is 18.7. The fourth-order valence-corrected chi connectivity index (χ4v) is 4.79. The fraction of sp³-hybridized carbons (Fsp3) is 0.316. The summed E-state index contributed by atoms with van der Waals surface area (Å²) in [5.74, 6) is 1.52. The van der Waals surface area contributed by atoms with E-state index in [2.05, 4.69) is 5.32 Å². The monoisotopic (exact) mass is 359 g/mol. The number of nitrogens with one attached hydrogen (secondary N) is 1. The van der Waals surface area contributed by atoms with E-state index >= 15 is 0 Å². The second kappa shape index (κ2) is 7.27. The summed E-state index contributed by atoms with van der Waals surface area (Å²) in [6.45, 7) is 2.00. The van der Waals surface area contributed by atoms with Gasteiger partial charge in [-0.05, 0) is 61.2 Å². The molecule has 0 bridgehead atoms. The molecule has 0 aliphatic carbocycles. The van der Waals surface area contributed by atoms with Crippen molar-refractivity contribution in [2.75, 3.05) is 16.8 Å². The highest BCUT2D eigenvalue weighted by Gasteiger charge is 2.29. The fourth-order valence-electron chi connectivity index (χ4n) is 2.93. The minimum atomic E-state index is -2.95. The van der Waals surface area contributed by atoms with Crippen LogP contribution in [0.2, 0.25) is 0 Å². The first-order valence-electron chi connectivity index (χ1n) is 8.24. The molecule has 1 saturated heterocycles. The number of carbonyl (C=O) groups excluding carboxylic acids is 1. The van der Waals surface area contributed by atoms with Crippen molar-refractivity contribution in [3.8, 4) is 11.5 Å². The maximum atomic E-state index is 12.1. The SMILES string of the molecule is Cc1cccc(Oc2ccc(NC(=O)C[C@H]3CCS(=O)(=O)C3)cc2)c1. The zero-order chi connectivity index (χ0) is 17.9. The average Bonchev–Trinajstić information content (AvgIpc) is 2.88. The largest absolute Gasteiger partial charge is 0.457 e. The minimum Gasteiger partial charge on any atom is -0.457 e. The van der Waals surface area contributed by atoms with Crippen molar-refractivity contribution in [1.29, 1.82) is 0 Å². The Bertz CT molecular complexity index is 859. The zero-order valence-corrected chi connectivity index (χ0v) is 14.9. The first kappa shape index (κ1) is 17.5. The number of hydrogen-bond donors (Lipinski definition) is 1. The van der Waals surface area contributed by atoms with Crippen LogP contribution in [-0.4, -0.2) is 25.8 Å². The number of sulfone groups is 1. The summed E-state index contributed by atoms with van der Waals surface area (Å²) in [5, 5.41) is 2.81. The van der Waals surface area contributed by atoms with E-state index in [1.165, 1.54) is 0 Å². The average molecular weight is 359 g/mol. The summed E-state index contributed by atoms with van der Waals surface area (Å²) in [5.41, 5.74) is 1.79. The first-order chi connectivity index (χ1) is 11.9. The van der Waals surface area contributed by atoms with Crippen molar-refractivity contribution < 1.29 is 17.9 Å². The third-order valence-corrected chi connectivity index (χ3v) is 6.00.